The van der Waals surface area contributed by atoms with Crippen molar-refractivity contribution < 1.29 is 13.6 Å². The van der Waals surface area contributed by atoms with Crippen molar-refractivity contribution in [3.63, 3.8) is 0 Å². The van der Waals surface area contributed by atoms with Crippen LogP contribution in [0.25, 0.3) is 0 Å². The minimum Gasteiger partial charge on any atom is -0.369 e. The van der Waals surface area contributed by atoms with Crippen LogP contribution in [0.5, 0.6) is 0 Å². The molecule has 10 heteroatoms. The summed E-state index contributed by atoms with van der Waals surface area (Å²) in [6.07, 6.45) is 4.92. The van der Waals surface area contributed by atoms with Crippen molar-refractivity contribution in [2.45, 2.75) is 42.7 Å². The number of halogens is 2. The lowest BCUT2D eigenvalue weighted by Gasteiger charge is -2.45. The summed E-state index contributed by atoms with van der Waals surface area (Å²) in [5.41, 5.74) is 12.3. The first kappa shape index (κ1) is 22.1. The van der Waals surface area contributed by atoms with Crippen LogP contribution in [0.1, 0.15) is 32.1 Å². The largest absolute Gasteiger partial charge is 0.369 e. The van der Waals surface area contributed by atoms with Crippen molar-refractivity contribution in [2.75, 3.05) is 16.0 Å². The van der Waals surface area contributed by atoms with Gasteiger partial charge in [-0.2, -0.15) is 4.99 Å². The number of aliphatic imine (C=N–C) groups is 2. The lowest BCUT2D eigenvalue weighted by molar-refractivity contribution is -0.113. The SMILES string of the molecule is NC1=NC2(CCCCC2)N(c2ccc(SCC(=O)Nc3cc(F)ccc3F)cc2)C(N)=N1. The molecule has 2 aromatic carbocycles. The number of amides is 1. The normalized spacial score (nSPS) is 17.6. The van der Waals surface area contributed by atoms with Crippen LogP contribution in [0.15, 0.2) is 57.3 Å². The van der Waals surface area contributed by atoms with Gasteiger partial charge in [-0.25, -0.2) is 13.8 Å². The Morgan fingerprint density at radius 2 is 1.81 bits per heavy atom. The molecule has 7 nitrogen and oxygen atoms in total. The molecule has 0 radical (unpaired) electrons. The Labute approximate surface area is 189 Å². The monoisotopic (exact) mass is 458 g/mol. The van der Waals surface area contributed by atoms with Crippen molar-refractivity contribution in [1.29, 1.82) is 0 Å². The Morgan fingerprint density at radius 1 is 1.09 bits per heavy atom. The maximum absolute atomic E-state index is 13.7. The Morgan fingerprint density at radius 3 is 2.53 bits per heavy atom. The molecule has 4 rings (SSSR count). The van der Waals surface area contributed by atoms with E-state index in [1.165, 1.54) is 11.8 Å². The van der Waals surface area contributed by atoms with Gasteiger partial charge in [-0.15, -0.1) is 11.8 Å². The van der Waals surface area contributed by atoms with E-state index in [1.807, 2.05) is 29.2 Å². The summed E-state index contributed by atoms with van der Waals surface area (Å²) >= 11 is 1.29. The fourth-order valence-electron chi connectivity index (χ4n) is 4.11. The highest BCUT2D eigenvalue weighted by Crippen LogP contribution is 2.39. The quantitative estimate of drug-likeness (QED) is 0.591. The number of anilines is 2. The van der Waals surface area contributed by atoms with Crippen molar-refractivity contribution in [3.8, 4) is 0 Å². The molecule has 0 saturated heterocycles. The molecule has 1 spiro atoms. The Bertz CT molecular complexity index is 1070. The number of hydrogen-bond donors (Lipinski definition) is 3. The summed E-state index contributed by atoms with van der Waals surface area (Å²) < 4.78 is 27.0. The summed E-state index contributed by atoms with van der Waals surface area (Å²) in [7, 11) is 0. The van der Waals surface area contributed by atoms with Crippen LogP contribution >= 0.6 is 11.8 Å². The molecular weight excluding hydrogens is 434 g/mol. The molecule has 1 fully saturated rings. The lowest BCUT2D eigenvalue weighted by atomic mass is 9.87. The van der Waals surface area contributed by atoms with Crippen LogP contribution in [0.2, 0.25) is 0 Å². The van der Waals surface area contributed by atoms with Gasteiger partial charge < -0.3 is 16.8 Å². The number of benzene rings is 2. The molecule has 32 heavy (non-hydrogen) atoms. The molecule has 0 aromatic heterocycles. The van der Waals surface area contributed by atoms with Crippen LogP contribution < -0.4 is 21.7 Å². The van der Waals surface area contributed by atoms with Crippen LogP contribution in [0.3, 0.4) is 0 Å². The number of thioether (sulfide) groups is 1. The highest BCUT2D eigenvalue weighted by Gasteiger charge is 2.42. The highest BCUT2D eigenvalue weighted by molar-refractivity contribution is 8.00. The summed E-state index contributed by atoms with van der Waals surface area (Å²) in [4.78, 5) is 23.7. The Balaban J connectivity index is 1.43. The maximum atomic E-state index is 13.7. The van der Waals surface area contributed by atoms with Crippen molar-refractivity contribution >= 4 is 41.0 Å². The minimum atomic E-state index is -0.685. The molecule has 1 aliphatic carbocycles. The summed E-state index contributed by atoms with van der Waals surface area (Å²) in [5.74, 6) is -1.16. The third-order valence-electron chi connectivity index (χ3n) is 5.52. The molecule has 0 unspecified atom stereocenters. The van der Waals surface area contributed by atoms with Gasteiger partial charge in [0.15, 0.2) is 0 Å². The van der Waals surface area contributed by atoms with Crippen molar-refractivity contribution in [2.24, 2.45) is 21.5 Å². The number of carbonyl (C=O) groups excluding carboxylic acids is 1. The van der Waals surface area contributed by atoms with Crippen molar-refractivity contribution in [1.82, 2.24) is 0 Å². The third kappa shape index (κ3) is 4.69. The van der Waals surface area contributed by atoms with Gasteiger partial charge in [-0.1, -0.05) is 6.42 Å². The fourth-order valence-corrected chi connectivity index (χ4v) is 4.81. The Kier molecular flexibility index (Phi) is 6.31. The van der Waals surface area contributed by atoms with E-state index in [-0.39, 0.29) is 17.4 Å². The minimum absolute atomic E-state index is 0.0490. The average Bonchev–Trinajstić information content (AvgIpc) is 2.76. The van der Waals surface area contributed by atoms with E-state index in [1.54, 1.807) is 0 Å². The standard InChI is InChI=1S/C22H24F2N6OS/c23-14-4-9-17(24)18(12-14)27-19(31)13-32-16-7-5-15(6-8-16)30-21(26)28-20(25)29-22(30)10-2-1-3-11-22/h4-9,12H,1-3,10-11,13H2,(H,27,31)(H4,25,26,28,29). The van der Waals surface area contributed by atoms with E-state index in [4.69, 9.17) is 11.5 Å². The summed E-state index contributed by atoms with van der Waals surface area (Å²) in [5, 5.41) is 2.39. The zero-order valence-corrected chi connectivity index (χ0v) is 18.2. The predicted octanol–water partition coefficient (Wildman–Crippen LogP) is 3.81. The average molecular weight is 459 g/mol. The summed E-state index contributed by atoms with van der Waals surface area (Å²) in [6.45, 7) is 0. The van der Waals surface area contributed by atoms with Crippen LogP contribution in [0, 0.1) is 11.6 Å². The van der Waals surface area contributed by atoms with Gasteiger partial charge in [0, 0.05) is 16.6 Å². The van der Waals surface area contributed by atoms with Gasteiger partial charge in [-0.05, 0) is 62.1 Å². The van der Waals surface area contributed by atoms with Crippen LogP contribution in [0.4, 0.5) is 20.2 Å². The summed E-state index contributed by atoms with van der Waals surface area (Å²) in [6, 6.07) is 10.5. The van der Waals surface area contributed by atoms with Crippen molar-refractivity contribution in [3.05, 3.63) is 54.1 Å². The lowest BCUT2D eigenvalue weighted by Crippen LogP contribution is -2.58. The number of nitrogens with one attached hydrogen (secondary N) is 1. The van der Waals surface area contributed by atoms with E-state index in [0.717, 1.165) is 60.9 Å². The first-order valence-electron chi connectivity index (χ1n) is 10.3. The van der Waals surface area contributed by atoms with E-state index >= 15 is 0 Å². The van der Waals surface area contributed by atoms with Crippen LogP contribution in [-0.4, -0.2) is 29.2 Å². The first-order valence-corrected chi connectivity index (χ1v) is 11.3. The smallest absolute Gasteiger partial charge is 0.234 e. The number of carbonyl (C=O) groups is 1. The molecule has 0 bridgehead atoms. The number of nitrogens with zero attached hydrogens (tertiary/aromatic N) is 3. The van der Waals surface area contributed by atoms with Gasteiger partial charge >= 0.3 is 0 Å². The molecule has 1 amide bonds. The van der Waals surface area contributed by atoms with E-state index in [2.05, 4.69) is 15.3 Å². The van der Waals surface area contributed by atoms with E-state index < -0.39 is 23.2 Å². The number of hydrogen-bond acceptors (Lipinski definition) is 7. The topological polar surface area (TPSA) is 109 Å². The molecule has 5 N–H and O–H groups in total. The van der Waals surface area contributed by atoms with E-state index in [0.29, 0.717) is 5.96 Å². The molecule has 1 saturated carbocycles. The predicted molar refractivity (Wildman–Crippen MR) is 124 cm³/mol. The van der Waals surface area contributed by atoms with Gasteiger partial charge in [0.2, 0.25) is 17.8 Å². The molecule has 2 aliphatic rings. The van der Waals surface area contributed by atoms with Gasteiger partial charge in [-0.3, -0.25) is 9.69 Å². The molecule has 1 aliphatic heterocycles. The molecule has 0 atom stereocenters. The van der Waals surface area contributed by atoms with Gasteiger partial charge in [0.05, 0.1) is 11.4 Å². The second-order valence-corrected chi connectivity index (χ2v) is 8.82. The molecular formula is C22H24F2N6OS. The maximum Gasteiger partial charge on any atom is 0.234 e. The number of rotatable bonds is 5. The first-order chi connectivity index (χ1) is 15.4. The Hall–Kier alpha value is -3.14. The molecule has 168 valence electrons. The molecule has 1 heterocycles. The second-order valence-electron chi connectivity index (χ2n) is 7.77. The highest BCUT2D eigenvalue weighted by atomic mass is 32.2. The third-order valence-corrected chi connectivity index (χ3v) is 6.53. The number of nitrogens with two attached hydrogens (primary N) is 2. The van der Waals surface area contributed by atoms with E-state index in [9.17, 15) is 13.6 Å². The van der Waals surface area contributed by atoms with Crippen LogP contribution in [-0.2, 0) is 4.79 Å². The molecule has 2 aromatic rings. The van der Waals surface area contributed by atoms with Gasteiger partial charge in [0.1, 0.15) is 17.3 Å². The zero-order valence-electron chi connectivity index (χ0n) is 17.4. The second kappa shape index (κ2) is 9.15. The fraction of sp³-hybridized carbons (Fsp3) is 0.318. The zero-order chi connectivity index (χ0) is 22.7. The number of guanidine groups is 2. The van der Waals surface area contributed by atoms with Gasteiger partial charge in [0.25, 0.3) is 0 Å².